The molecule has 0 saturated heterocycles. The van der Waals surface area contributed by atoms with Crippen molar-refractivity contribution < 1.29 is 19.1 Å². The fraction of sp³-hybridized carbons (Fsp3) is 0. The maximum absolute atomic E-state index is 12.3. The molecular formula is C17H11NO4. The first-order valence-corrected chi connectivity index (χ1v) is 6.59. The lowest BCUT2D eigenvalue weighted by Crippen LogP contribution is -2.22. The zero-order chi connectivity index (χ0) is 15.5. The highest BCUT2D eigenvalue weighted by Gasteiger charge is 2.26. The van der Waals surface area contributed by atoms with E-state index in [1.807, 2.05) is 6.07 Å². The number of hydrogen-bond acceptors (Lipinski definition) is 4. The average molecular weight is 293 g/mol. The van der Waals surface area contributed by atoms with Gasteiger partial charge in [-0.3, -0.25) is 14.9 Å². The topological polar surface area (TPSA) is 72.5 Å². The van der Waals surface area contributed by atoms with Gasteiger partial charge in [-0.05, 0) is 18.2 Å². The van der Waals surface area contributed by atoms with Crippen LogP contribution in [-0.2, 0) is 9.59 Å². The molecule has 5 nitrogen and oxygen atoms in total. The smallest absolute Gasteiger partial charge is 0.344 e. The minimum atomic E-state index is -0.588. The molecule has 3 rings (SSSR count). The highest BCUT2D eigenvalue weighted by atomic mass is 16.5. The third-order valence-electron chi connectivity index (χ3n) is 3.15. The number of carbonyl (C=O) groups is 3. The van der Waals surface area contributed by atoms with E-state index in [0.29, 0.717) is 11.3 Å². The number of rotatable bonds is 3. The van der Waals surface area contributed by atoms with Gasteiger partial charge in [-0.15, -0.1) is 0 Å². The van der Waals surface area contributed by atoms with Crippen LogP contribution >= 0.6 is 0 Å². The molecule has 2 aromatic rings. The molecule has 0 saturated carbocycles. The van der Waals surface area contributed by atoms with Crippen molar-refractivity contribution in [2.75, 3.05) is 0 Å². The van der Waals surface area contributed by atoms with Gasteiger partial charge in [0.25, 0.3) is 11.8 Å². The molecule has 0 radical (unpaired) electrons. The largest absolute Gasteiger partial charge is 0.423 e. The summed E-state index contributed by atoms with van der Waals surface area (Å²) in [6.45, 7) is 0. The summed E-state index contributed by atoms with van der Waals surface area (Å²) in [5, 5.41) is 2.16. The predicted octanol–water partition coefficient (Wildman–Crippen LogP) is 1.95. The first-order valence-electron chi connectivity index (χ1n) is 6.59. The SMILES string of the molecule is O=C1C=C(c2ccccc2C(=O)Oc2ccccc2)C(=O)N1. The van der Waals surface area contributed by atoms with Crippen molar-refractivity contribution in [2.45, 2.75) is 0 Å². The third kappa shape index (κ3) is 2.64. The lowest BCUT2D eigenvalue weighted by molar-refractivity contribution is -0.123. The summed E-state index contributed by atoms with van der Waals surface area (Å²) in [5.41, 5.74) is 0.750. The standard InChI is InChI=1S/C17H11NO4/c19-15-10-14(16(20)18-15)12-8-4-5-9-13(12)17(21)22-11-6-2-1-3-7-11/h1-10H,(H,18,19,20). The van der Waals surface area contributed by atoms with Gasteiger partial charge in [0.15, 0.2) is 0 Å². The van der Waals surface area contributed by atoms with E-state index in [1.54, 1.807) is 48.5 Å². The Labute approximate surface area is 126 Å². The van der Waals surface area contributed by atoms with Gasteiger partial charge in [-0.2, -0.15) is 0 Å². The predicted molar refractivity (Wildman–Crippen MR) is 79.0 cm³/mol. The van der Waals surface area contributed by atoms with Crippen LogP contribution in [-0.4, -0.2) is 17.8 Å². The van der Waals surface area contributed by atoms with Crippen molar-refractivity contribution in [3.63, 3.8) is 0 Å². The lowest BCUT2D eigenvalue weighted by atomic mass is 10.00. The fourth-order valence-corrected chi connectivity index (χ4v) is 2.16. The zero-order valence-electron chi connectivity index (χ0n) is 11.4. The van der Waals surface area contributed by atoms with Crippen molar-refractivity contribution in [1.29, 1.82) is 0 Å². The molecule has 0 fully saturated rings. The molecule has 0 atom stereocenters. The van der Waals surface area contributed by atoms with Crippen LogP contribution in [0.1, 0.15) is 15.9 Å². The first-order chi connectivity index (χ1) is 10.6. The van der Waals surface area contributed by atoms with Crippen molar-refractivity contribution in [3.05, 3.63) is 71.8 Å². The quantitative estimate of drug-likeness (QED) is 0.533. The minimum absolute atomic E-state index is 0.158. The van der Waals surface area contributed by atoms with Gasteiger partial charge in [0.05, 0.1) is 11.1 Å². The number of para-hydroxylation sites is 1. The van der Waals surface area contributed by atoms with E-state index < -0.39 is 17.8 Å². The highest BCUT2D eigenvalue weighted by molar-refractivity contribution is 6.34. The van der Waals surface area contributed by atoms with Crippen LogP contribution in [0.25, 0.3) is 5.57 Å². The second-order valence-electron chi connectivity index (χ2n) is 4.62. The van der Waals surface area contributed by atoms with Crippen molar-refractivity contribution in [1.82, 2.24) is 5.32 Å². The van der Waals surface area contributed by atoms with E-state index in [0.717, 1.165) is 0 Å². The van der Waals surface area contributed by atoms with Gasteiger partial charge in [-0.25, -0.2) is 4.79 Å². The van der Waals surface area contributed by atoms with Crippen molar-refractivity contribution in [2.24, 2.45) is 0 Å². The lowest BCUT2D eigenvalue weighted by Gasteiger charge is -2.09. The summed E-state index contributed by atoms with van der Waals surface area (Å²) >= 11 is 0. The van der Waals surface area contributed by atoms with E-state index in [9.17, 15) is 14.4 Å². The number of nitrogens with one attached hydrogen (secondary N) is 1. The van der Waals surface area contributed by atoms with Crippen LogP contribution in [0.5, 0.6) is 5.75 Å². The molecule has 1 aliphatic heterocycles. The number of hydrogen-bond donors (Lipinski definition) is 1. The zero-order valence-corrected chi connectivity index (χ0v) is 11.4. The molecule has 0 aromatic heterocycles. The molecule has 2 amide bonds. The molecule has 0 aliphatic carbocycles. The number of amides is 2. The summed E-state index contributed by atoms with van der Waals surface area (Å²) < 4.78 is 5.28. The van der Waals surface area contributed by atoms with Gasteiger partial charge in [-0.1, -0.05) is 36.4 Å². The van der Waals surface area contributed by atoms with Crippen molar-refractivity contribution in [3.8, 4) is 5.75 Å². The molecule has 1 heterocycles. The number of imide groups is 1. The van der Waals surface area contributed by atoms with Gasteiger partial charge in [0, 0.05) is 11.6 Å². The van der Waals surface area contributed by atoms with Crippen LogP contribution in [0.15, 0.2) is 60.7 Å². The maximum Gasteiger partial charge on any atom is 0.344 e. The Bertz CT molecular complexity index is 793. The van der Waals surface area contributed by atoms with Gasteiger partial charge in [0.1, 0.15) is 5.75 Å². The average Bonchev–Trinajstić information content (AvgIpc) is 2.87. The summed E-state index contributed by atoms with van der Waals surface area (Å²) in [7, 11) is 0. The van der Waals surface area contributed by atoms with E-state index in [1.165, 1.54) is 6.08 Å². The molecule has 2 aromatic carbocycles. The molecule has 0 spiro atoms. The molecule has 1 aliphatic rings. The molecule has 0 bridgehead atoms. The normalized spacial score (nSPS) is 13.5. The maximum atomic E-state index is 12.3. The number of ether oxygens (including phenoxy) is 1. The Morgan fingerprint density at radius 1 is 0.909 bits per heavy atom. The highest BCUT2D eigenvalue weighted by Crippen LogP contribution is 2.23. The summed E-state index contributed by atoms with van der Waals surface area (Å²) in [5.74, 6) is -1.20. The Hall–Kier alpha value is -3.21. The van der Waals surface area contributed by atoms with Gasteiger partial charge in [0.2, 0.25) is 0 Å². The van der Waals surface area contributed by atoms with E-state index in [2.05, 4.69) is 5.32 Å². The molecule has 1 N–H and O–H groups in total. The minimum Gasteiger partial charge on any atom is -0.423 e. The number of benzene rings is 2. The summed E-state index contributed by atoms with van der Waals surface area (Å²) in [6.07, 6.45) is 1.18. The molecule has 0 unspecified atom stereocenters. The number of esters is 1. The van der Waals surface area contributed by atoms with Gasteiger partial charge < -0.3 is 4.74 Å². The van der Waals surface area contributed by atoms with Crippen LogP contribution in [0, 0.1) is 0 Å². The van der Waals surface area contributed by atoms with Gasteiger partial charge >= 0.3 is 5.97 Å². The second kappa shape index (κ2) is 5.65. The van der Waals surface area contributed by atoms with Crippen LogP contribution in [0.2, 0.25) is 0 Å². The Morgan fingerprint density at radius 2 is 1.59 bits per heavy atom. The van der Waals surface area contributed by atoms with E-state index in [-0.39, 0.29) is 11.1 Å². The molecule has 22 heavy (non-hydrogen) atoms. The van der Waals surface area contributed by atoms with E-state index in [4.69, 9.17) is 4.74 Å². The van der Waals surface area contributed by atoms with E-state index >= 15 is 0 Å². The van der Waals surface area contributed by atoms with Crippen molar-refractivity contribution >= 4 is 23.4 Å². The molecular weight excluding hydrogens is 282 g/mol. The summed E-state index contributed by atoms with van der Waals surface area (Å²) in [4.78, 5) is 35.4. The third-order valence-corrected chi connectivity index (χ3v) is 3.15. The van der Waals surface area contributed by atoms with Crippen LogP contribution in [0.4, 0.5) is 0 Å². The molecule has 5 heteroatoms. The monoisotopic (exact) mass is 293 g/mol. The Morgan fingerprint density at radius 3 is 2.27 bits per heavy atom. The van der Waals surface area contributed by atoms with Crippen LogP contribution < -0.4 is 10.1 Å². The first kappa shape index (κ1) is 13.8. The summed E-state index contributed by atoms with van der Waals surface area (Å²) in [6, 6.07) is 15.1. The number of carbonyl (C=O) groups excluding carboxylic acids is 3. The van der Waals surface area contributed by atoms with Crippen LogP contribution in [0.3, 0.4) is 0 Å². The molecule has 108 valence electrons. The Balaban J connectivity index is 1.95. The Kier molecular flexibility index (Phi) is 3.53. The second-order valence-corrected chi connectivity index (χ2v) is 4.62. The fourth-order valence-electron chi connectivity index (χ4n) is 2.16.